The van der Waals surface area contributed by atoms with Gasteiger partial charge in [0.15, 0.2) is 0 Å². The molecule has 132 valence electrons. The molecule has 0 spiro atoms. The SMILES string of the molecule is CC(C)Oc1ccc(C(=O)N2CCC(Oc3ncccc3Br)C2)cc1. The summed E-state index contributed by atoms with van der Waals surface area (Å²) in [5, 5.41) is 0. The molecule has 1 aromatic heterocycles. The molecule has 1 fully saturated rings. The minimum Gasteiger partial charge on any atom is -0.491 e. The van der Waals surface area contributed by atoms with Crippen LogP contribution < -0.4 is 9.47 Å². The fourth-order valence-electron chi connectivity index (χ4n) is 2.76. The zero-order chi connectivity index (χ0) is 17.8. The fraction of sp³-hybridized carbons (Fsp3) is 0.368. The highest BCUT2D eigenvalue weighted by molar-refractivity contribution is 9.10. The van der Waals surface area contributed by atoms with Crippen LogP contribution in [0.1, 0.15) is 30.6 Å². The number of rotatable bonds is 5. The summed E-state index contributed by atoms with van der Waals surface area (Å²) in [4.78, 5) is 18.7. The lowest BCUT2D eigenvalue weighted by Crippen LogP contribution is -2.31. The van der Waals surface area contributed by atoms with Gasteiger partial charge in [0.1, 0.15) is 11.9 Å². The number of halogens is 1. The number of nitrogens with zero attached hydrogens (tertiary/aromatic N) is 2. The molecule has 3 rings (SSSR count). The quantitative estimate of drug-likeness (QED) is 0.757. The monoisotopic (exact) mass is 404 g/mol. The average Bonchev–Trinajstić information content (AvgIpc) is 3.05. The molecule has 0 radical (unpaired) electrons. The Hall–Kier alpha value is -2.08. The maximum atomic E-state index is 12.7. The second-order valence-electron chi connectivity index (χ2n) is 6.26. The van der Waals surface area contributed by atoms with E-state index in [9.17, 15) is 4.79 Å². The molecule has 1 saturated heterocycles. The lowest BCUT2D eigenvalue weighted by Gasteiger charge is -2.18. The molecule has 1 atom stereocenters. The van der Waals surface area contributed by atoms with Crippen LogP contribution in [0.5, 0.6) is 11.6 Å². The van der Waals surface area contributed by atoms with E-state index in [0.717, 1.165) is 16.6 Å². The number of amides is 1. The first-order valence-electron chi connectivity index (χ1n) is 8.36. The molecule has 0 aliphatic carbocycles. The van der Waals surface area contributed by atoms with Crippen molar-refractivity contribution in [2.24, 2.45) is 0 Å². The van der Waals surface area contributed by atoms with Gasteiger partial charge in [-0.05, 0) is 66.2 Å². The predicted molar refractivity (Wildman–Crippen MR) is 99.1 cm³/mol. The highest BCUT2D eigenvalue weighted by atomic mass is 79.9. The van der Waals surface area contributed by atoms with Crippen LogP contribution in [0.3, 0.4) is 0 Å². The molecule has 1 aromatic carbocycles. The molecule has 0 bridgehead atoms. The summed E-state index contributed by atoms with van der Waals surface area (Å²) in [6, 6.07) is 11.0. The number of likely N-dealkylation sites (tertiary alicyclic amines) is 1. The van der Waals surface area contributed by atoms with Crippen molar-refractivity contribution >= 4 is 21.8 Å². The average molecular weight is 405 g/mol. The van der Waals surface area contributed by atoms with Gasteiger partial charge in [-0.25, -0.2) is 4.98 Å². The van der Waals surface area contributed by atoms with Gasteiger partial charge in [0, 0.05) is 24.7 Å². The van der Waals surface area contributed by atoms with Crippen molar-refractivity contribution in [2.45, 2.75) is 32.5 Å². The normalized spacial score (nSPS) is 17.0. The first-order valence-corrected chi connectivity index (χ1v) is 9.15. The van der Waals surface area contributed by atoms with Crippen molar-refractivity contribution in [2.75, 3.05) is 13.1 Å². The van der Waals surface area contributed by atoms with E-state index < -0.39 is 0 Å². The molecule has 1 aliphatic rings. The van der Waals surface area contributed by atoms with E-state index >= 15 is 0 Å². The third-order valence-corrected chi connectivity index (χ3v) is 4.51. The van der Waals surface area contributed by atoms with Gasteiger partial charge in [-0.15, -0.1) is 0 Å². The Morgan fingerprint density at radius 1 is 1.28 bits per heavy atom. The van der Waals surface area contributed by atoms with E-state index in [1.807, 2.05) is 55.1 Å². The molecule has 0 saturated carbocycles. The Kier molecular flexibility index (Phi) is 5.58. The number of hydrogen-bond acceptors (Lipinski definition) is 4. The second kappa shape index (κ2) is 7.87. The molecule has 2 heterocycles. The summed E-state index contributed by atoms with van der Waals surface area (Å²) in [5.74, 6) is 1.36. The van der Waals surface area contributed by atoms with Crippen molar-refractivity contribution < 1.29 is 14.3 Å². The third kappa shape index (κ3) is 4.51. The van der Waals surface area contributed by atoms with Gasteiger partial charge in [-0.2, -0.15) is 0 Å². The van der Waals surface area contributed by atoms with Crippen LogP contribution >= 0.6 is 15.9 Å². The molecular formula is C19H21BrN2O3. The first kappa shape index (κ1) is 17.7. The zero-order valence-electron chi connectivity index (χ0n) is 14.3. The number of aromatic nitrogens is 1. The molecular weight excluding hydrogens is 384 g/mol. The van der Waals surface area contributed by atoms with Crippen LogP contribution in [0.25, 0.3) is 0 Å². The maximum Gasteiger partial charge on any atom is 0.253 e. The number of hydrogen-bond donors (Lipinski definition) is 0. The Balaban J connectivity index is 1.59. The summed E-state index contributed by atoms with van der Waals surface area (Å²) in [5.41, 5.74) is 0.663. The van der Waals surface area contributed by atoms with Crippen LogP contribution in [0.15, 0.2) is 47.1 Å². The topological polar surface area (TPSA) is 51.7 Å². The van der Waals surface area contributed by atoms with Crippen molar-refractivity contribution in [3.05, 3.63) is 52.6 Å². The number of carbonyl (C=O) groups excluding carboxylic acids is 1. The molecule has 25 heavy (non-hydrogen) atoms. The largest absolute Gasteiger partial charge is 0.491 e. The van der Waals surface area contributed by atoms with Gasteiger partial charge in [-0.1, -0.05) is 0 Å². The lowest BCUT2D eigenvalue weighted by atomic mass is 10.2. The van der Waals surface area contributed by atoms with E-state index in [-0.39, 0.29) is 18.1 Å². The standard InChI is InChI=1S/C19H21BrN2O3/c1-13(2)24-15-7-5-14(6-8-15)19(23)22-11-9-16(12-22)25-18-17(20)4-3-10-21-18/h3-8,10,13,16H,9,11-12H2,1-2H3. The Morgan fingerprint density at radius 3 is 2.72 bits per heavy atom. The summed E-state index contributed by atoms with van der Waals surface area (Å²) in [7, 11) is 0. The van der Waals surface area contributed by atoms with Gasteiger partial charge in [0.25, 0.3) is 5.91 Å². The number of ether oxygens (including phenoxy) is 2. The van der Waals surface area contributed by atoms with Crippen LogP contribution in [0, 0.1) is 0 Å². The smallest absolute Gasteiger partial charge is 0.253 e. The van der Waals surface area contributed by atoms with Gasteiger partial charge >= 0.3 is 0 Å². The van der Waals surface area contributed by atoms with Gasteiger partial charge < -0.3 is 14.4 Å². The fourth-order valence-corrected chi connectivity index (χ4v) is 3.10. The lowest BCUT2D eigenvalue weighted by molar-refractivity contribution is 0.0771. The van der Waals surface area contributed by atoms with Gasteiger partial charge in [-0.3, -0.25) is 4.79 Å². The molecule has 1 aliphatic heterocycles. The third-order valence-electron chi connectivity index (χ3n) is 3.91. The Labute approximate surface area is 156 Å². The van der Waals surface area contributed by atoms with Crippen molar-refractivity contribution in [3.63, 3.8) is 0 Å². The van der Waals surface area contributed by atoms with Crippen molar-refractivity contribution in [1.82, 2.24) is 9.88 Å². The highest BCUT2D eigenvalue weighted by Crippen LogP contribution is 2.25. The van der Waals surface area contributed by atoms with Crippen molar-refractivity contribution in [1.29, 1.82) is 0 Å². The van der Waals surface area contributed by atoms with E-state index in [4.69, 9.17) is 9.47 Å². The van der Waals surface area contributed by atoms with E-state index in [2.05, 4.69) is 20.9 Å². The summed E-state index contributed by atoms with van der Waals surface area (Å²) < 4.78 is 12.3. The number of benzene rings is 1. The molecule has 0 N–H and O–H groups in total. The summed E-state index contributed by atoms with van der Waals surface area (Å²) in [6.07, 6.45) is 2.56. The summed E-state index contributed by atoms with van der Waals surface area (Å²) >= 11 is 3.43. The van der Waals surface area contributed by atoms with Gasteiger partial charge in [0.2, 0.25) is 5.88 Å². The Bertz CT molecular complexity index is 734. The molecule has 1 amide bonds. The second-order valence-corrected chi connectivity index (χ2v) is 7.12. The van der Waals surface area contributed by atoms with E-state index in [0.29, 0.717) is 24.5 Å². The van der Waals surface area contributed by atoms with Crippen LogP contribution in [-0.2, 0) is 0 Å². The minimum atomic E-state index is -0.0429. The number of pyridine rings is 1. The Morgan fingerprint density at radius 2 is 2.04 bits per heavy atom. The van der Waals surface area contributed by atoms with Gasteiger partial charge in [0.05, 0.1) is 17.1 Å². The van der Waals surface area contributed by atoms with E-state index in [1.54, 1.807) is 6.20 Å². The minimum absolute atomic E-state index is 0.0160. The number of carbonyl (C=O) groups is 1. The van der Waals surface area contributed by atoms with Crippen LogP contribution in [0.2, 0.25) is 0 Å². The molecule has 6 heteroatoms. The molecule has 5 nitrogen and oxygen atoms in total. The molecule has 1 unspecified atom stereocenters. The summed E-state index contributed by atoms with van der Waals surface area (Å²) in [6.45, 7) is 5.19. The highest BCUT2D eigenvalue weighted by Gasteiger charge is 2.29. The van der Waals surface area contributed by atoms with Crippen LogP contribution in [0.4, 0.5) is 0 Å². The predicted octanol–water partition coefficient (Wildman–Crippen LogP) is 3.92. The first-order chi connectivity index (χ1) is 12.0. The van der Waals surface area contributed by atoms with Crippen LogP contribution in [-0.4, -0.2) is 41.1 Å². The molecule has 2 aromatic rings. The van der Waals surface area contributed by atoms with E-state index in [1.165, 1.54) is 0 Å². The zero-order valence-corrected chi connectivity index (χ0v) is 15.9. The maximum absolute atomic E-state index is 12.7. The van der Waals surface area contributed by atoms with Crippen molar-refractivity contribution in [3.8, 4) is 11.6 Å².